The zero-order chi connectivity index (χ0) is 12.1. The third kappa shape index (κ3) is 3.28. The van der Waals surface area contributed by atoms with Crippen LogP contribution in [0.1, 0.15) is 19.2 Å². The van der Waals surface area contributed by atoms with Gasteiger partial charge in [0.15, 0.2) is 11.5 Å². The highest BCUT2D eigenvalue weighted by Crippen LogP contribution is 2.15. The fourth-order valence-corrected chi connectivity index (χ4v) is 1.71. The van der Waals surface area contributed by atoms with Crippen LogP contribution < -0.4 is 5.73 Å². The largest absolute Gasteiger partial charge is 0.441 e. The number of rotatable bonds is 6. The second-order valence-electron chi connectivity index (χ2n) is 4.03. The van der Waals surface area contributed by atoms with Gasteiger partial charge in [0, 0.05) is 25.7 Å². The molecule has 2 rings (SSSR count). The average molecular weight is 234 g/mol. The molecule has 0 aliphatic heterocycles. The van der Waals surface area contributed by atoms with Gasteiger partial charge < -0.3 is 14.9 Å². The molecular formula is C13H18N2O2. The second-order valence-corrected chi connectivity index (χ2v) is 4.03. The number of fused-ring (bicyclic) bond motifs is 1. The molecule has 0 saturated carbocycles. The first-order valence-electron chi connectivity index (χ1n) is 5.97. The van der Waals surface area contributed by atoms with Crippen LogP contribution in [0.5, 0.6) is 0 Å². The van der Waals surface area contributed by atoms with E-state index in [4.69, 9.17) is 14.9 Å². The summed E-state index contributed by atoms with van der Waals surface area (Å²) in [5.41, 5.74) is 7.70. The number of nitrogens with two attached hydrogens (primary N) is 1. The molecule has 4 heteroatoms. The molecule has 0 aliphatic rings. The third-order valence-electron chi connectivity index (χ3n) is 2.61. The molecule has 0 aliphatic carbocycles. The number of oxazole rings is 1. The van der Waals surface area contributed by atoms with E-state index in [1.807, 2.05) is 31.2 Å². The standard InChI is InChI=1S/C13H18N2O2/c1-2-16-8-7-10(14)9-13-15-11-5-3-4-6-12(11)17-13/h3-6,10H,2,7-9,14H2,1H3. The van der Waals surface area contributed by atoms with Crippen LogP contribution in [0, 0.1) is 0 Å². The van der Waals surface area contributed by atoms with Gasteiger partial charge in [0.05, 0.1) is 0 Å². The van der Waals surface area contributed by atoms with Gasteiger partial charge in [-0.2, -0.15) is 0 Å². The van der Waals surface area contributed by atoms with E-state index in [0.717, 1.165) is 24.1 Å². The summed E-state index contributed by atoms with van der Waals surface area (Å²) in [7, 11) is 0. The summed E-state index contributed by atoms with van der Waals surface area (Å²) < 4.78 is 10.9. The summed E-state index contributed by atoms with van der Waals surface area (Å²) in [4.78, 5) is 4.39. The maximum Gasteiger partial charge on any atom is 0.197 e. The Kier molecular flexibility index (Phi) is 4.12. The Balaban J connectivity index is 1.93. The van der Waals surface area contributed by atoms with Crippen LogP contribution in [0.2, 0.25) is 0 Å². The normalized spacial score (nSPS) is 13.1. The Morgan fingerprint density at radius 3 is 3.00 bits per heavy atom. The Hall–Kier alpha value is -1.39. The summed E-state index contributed by atoms with van der Waals surface area (Å²) in [6.07, 6.45) is 1.48. The maximum absolute atomic E-state index is 5.99. The molecule has 1 atom stereocenters. The molecule has 1 heterocycles. The second kappa shape index (κ2) is 5.80. The lowest BCUT2D eigenvalue weighted by molar-refractivity contribution is 0.139. The number of para-hydroxylation sites is 2. The van der Waals surface area contributed by atoms with Crippen molar-refractivity contribution in [2.24, 2.45) is 5.73 Å². The smallest absolute Gasteiger partial charge is 0.197 e. The SMILES string of the molecule is CCOCCC(N)Cc1nc2ccccc2o1. The number of hydrogen-bond acceptors (Lipinski definition) is 4. The lowest BCUT2D eigenvalue weighted by Gasteiger charge is -2.08. The van der Waals surface area contributed by atoms with Crippen LogP contribution in [-0.2, 0) is 11.2 Å². The summed E-state index contributed by atoms with van der Waals surface area (Å²) >= 11 is 0. The van der Waals surface area contributed by atoms with E-state index in [9.17, 15) is 0 Å². The molecule has 17 heavy (non-hydrogen) atoms. The predicted molar refractivity (Wildman–Crippen MR) is 66.8 cm³/mol. The Morgan fingerprint density at radius 1 is 1.41 bits per heavy atom. The number of benzene rings is 1. The van der Waals surface area contributed by atoms with Gasteiger partial charge in [-0.3, -0.25) is 0 Å². The molecule has 4 nitrogen and oxygen atoms in total. The molecule has 1 aromatic heterocycles. The highest BCUT2D eigenvalue weighted by molar-refractivity contribution is 5.72. The van der Waals surface area contributed by atoms with Gasteiger partial charge in [-0.25, -0.2) is 4.98 Å². The lowest BCUT2D eigenvalue weighted by Crippen LogP contribution is -2.24. The van der Waals surface area contributed by atoms with Gasteiger partial charge in [-0.05, 0) is 25.5 Å². The molecule has 0 spiro atoms. The summed E-state index contributed by atoms with van der Waals surface area (Å²) in [5.74, 6) is 0.704. The highest BCUT2D eigenvalue weighted by atomic mass is 16.5. The quantitative estimate of drug-likeness (QED) is 0.778. The van der Waals surface area contributed by atoms with Crippen molar-refractivity contribution in [3.8, 4) is 0 Å². The van der Waals surface area contributed by atoms with Gasteiger partial charge in [-0.1, -0.05) is 12.1 Å². The van der Waals surface area contributed by atoms with Crippen LogP contribution in [0.4, 0.5) is 0 Å². The van der Waals surface area contributed by atoms with E-state index >= 15 is 0 Å². The van der Waals surface area contributed by atoms with E-state index in [2.05, 4.69) is 4.98 Å². The van der Waals surface area contributed by atoms with E-state index in [1.165, 1.54) is 0 Å². The molecule has 2 aromatic rings. The average Bonchev–Trinajstić information content (AvgIpc) is 2.71. The van der Waals surface area contributed by atoms with E-state index in [1.54, 1.807) is 0 Å². The number of nitrogens with zero attached hydrogens (tertiary/aromatic N) is 1. The van der Waals surface area contributed by atoms with E-state index < -0.39 is 0 Å². The van der Waals surface area contributed by atoms with Gasteiger partial charge in [0.25, 0.3) is 0 Å². The number of aromatic nitrogens is 1. The molecule has 1 aromatic carbocycles. The molecule has 0 radical (unpaired) electrons. The first kappa shape index (κ1) is 12.1. The fraction of sp³-hybridized carbons (Fsp3) is 0.462. The molecule has 1 unspecified atom stereocenters. The molecule has 0 fully saturated rings. The van der Waals surface area contributed by atoms with Crippen molar-refractivity contribution in [2.75, 3.05) is 13.2 Å². The van der Waals surface area contributed by atoms with Crippen LogP contribution in [0.25, 0.3) is 11.1 Å². The summed E-state index contributed by atoms with van der Waals surface area (Å²) in [5, 5.41) is 0. The highest BCUT2D eigenvalue weighted by Gasteiger charge is 2.10. The first-order valence-corrected chi connectivity index (χ1v) is 5.97. The minimum atomic E-state index is 0.0367. The Bertz CT molecular complexity index is 434. The molecule has 0 saturated heterocycles. The van der Waals surface area contributed by atoms with Crippen molar-refractivity contribution in [3.05, 3.63) is 30.2 Å². The predicted octanol–water partition coefficient (Wildman–Crippen LogP) is 2.12. The van der Waals surface area contributed by atoms with Crippen LogP contribution in [0.15, 0.2) is 28.7 Å². The summed E-state index contributed by atoms with van der Waals surface area (Å²) in [6, 6.07) is 7.77. The molecule has 0 bridgehead atoms. The minimum Gasteiger partial charge on any atom is -0.441 e. The Morgan fingerprint density at radius 2 is 2.24 bits per heavy atom. The number of ether oxygens (including phenoxy) is 1. The van der Waals surface area contributed by atoms with Crippen molar-refractivity contribution in [2.45, 2.75) is 25.8 Å². The topological polar surface area (TPSA) is 61.3 Å². The van der Waals surface area contributed by atoms with Crippen molar-refractivity contribution in [3.63, 3.8) is 0 Å². The minimum absolute atomic E-state index is 0.0367. The molecular weight excluding hydrogens is 216 g/mol. The zero-order valence-electron chi connectivity index (χ0n) is 10.1. The van der Waals surface area contributed by atoms with E-state index in [0.29, 0.717) is 18.9 Å². The zero-order valence-corrected chi connectivity index (χ0v) is 10.1. The van der Waals surface area contributed by atoms with Gasteiger partial charge in [0.2, 0.25) is 0 Å². The van der Waals surface area contributed by atoms with Crippen LogP contribution in [0.3, 0.4) is 0 Å². The molecule has 2 N–H and O–H groups in total. The van der Waals surface area contributed by atoms with E-state index in [-0.39, 0.29) is 6.04 Å². The Labute approximate surface area is 101 Å². The van der Waals surface area contributed by atoms with Gasteiger partial charge in [0.1, 0.15) is 5.52 Å². The van der Waals surface area contributed by atoms with Crippen molar-refractivity contribution in [1.82, 2.24) is 4.98 Å². The first-order chi connectivity index (χ1) is 8.29. The van der Waals surface area contributed by atoms with Crippen molar-refractivity contribution in [1.29, 1.82) is 0 Å². The van der Waals surface area contributed by atoms with Crippen molar-refractivity contribution < 1.29 is 9.15 Å². The monoisotopic (exact) mass is 234 g/mol. The fourth-order valence-electron chi connectivity index (χ4n) is 1.71. The van der Waals surface area contributed by atoms with Crippen molar-refractivity contribution >= 4 is 11.1 Å². The molecule has 0 amide bonds. The van der Waals surface area contributed by atoms with Crippen LogP contribution in [-0.4, -0.2) is 24.2 Å². The maximum atomic E-state index is 5.99. The lowest BCUT2D eigenvalue weighted by atomic mass is 10.1. The van der Waals surface area contributed by atoms with Crippen LogP contribution >= 0.6 is 0 Å². The number of hydrogen-bond donors (Lipinski definition) is 1. The molecule has 92 valence electrons. The van der Waals surface area contributed by atoms with Gasteiger partial charge in [-0.15, -0.1) is 0 Å². The van der Waals surface area contributed by atoms with Gasteiger partial charge >= 0.3 is 0 Å². The summed E-state index contributed by atoms with van der Waals surface area (Å²) in [6.45, 7) is 3.40. The third-order valence-corrected chi connectivity index (χ3v) is 2.61.